The molecule has 1 aliphatic rings. The monoisotopic (exact) mass is 195 g/mol. The highest BCUT2D eigenvalue weighted by Crippen LogP contribution is 2.32. The lowest BCUT2D eigenvalue weighted by Gasteiger charge is -2.29. The molecule has 0 radical (unpaired) electrons. The maximum absolute atomic E-state index is 13.3. The third-order valence-electron chi connectivity index (χ3n) is 2.71. The van der Waals surface area contributed by atoms with Crippen LogP contribution in [0.2, 0.25) is 0 Å². The summed E-state index contributed by atoms with van der Waals surface area (Å²) in [5, 5.41) is 3.24. The summed E-state index contributed by atoms with van der Waals surface area (Å²) in [7, 11) is 1.62. The maximum Gasteiger partial charge on any atom is 0.126 e. The summed E-state index contributed by atoms with van der Waals surface area (Å²) >= 11 is 0. The van der Waals surface area contributed by atoms with Gasteiger partial charge in [-0.1, -0.05) is 0 Å². The number of methoxy groups -OCH3 is 1. The van der Waals surface area contributed by atoms with E-state index in [2.05, 4.69) is 5.32 Å². The average molecular weight is 195 g/mol. The number of aryl methyl sites for hydroxylation is 1. The minimum atomic E-state index is -0.158. The Morgan fingerprint density at radius 2 is 2.21 bits per heavy atom. The van der Waals surface area contributed by atoms with Crippen LogP contribution in [0.1, 0.15) is 23.6 Å². The Morgan fingerprint density at radius 3 is 2.71 bits per heavy atom. The summed E-state index contributed by atoms with van der Waals surface area (Å²) in [5.41, 5.74) is 1.56. The fourth-order valence-electron chi connectivity index (χ4n) is 1.67. The van der Waals surface area contributed by atoms with Crippen LogP contribution in [0.5, 0.6) is 5.75 Å². The largest absolute Gasteiger partial charge is 0.496 e. The molecule has 1 saturated heterocycles. The first kappa shape index (κ1) is 9.46. The zero-order valence-electron chi connectivity index (χ0n) is 8.43. The molecular formula is C11H14FNO. The molecule has 2 rings (SSSR count). The zero-order valence-corrected chi connectivity index (χ0v) is 8.43. The molecule has 14 heavy (non-hydrogen) atoms. The van der Waals surface area contributed by atoms with Crippen LogP contribution >= 0.6 is 0 Å². The predicted octanol–water partition coefficient (Wildman–Crippen LogP) is 2.18. The molecule has 1 aliphatic heterocycles. The van der Waals surface area contributed by atoms with Crippen LogP contribution in [-0.4, -0.2) is 13.7 Å². The molecule has 0 spiro atoms. The normalized spacial score (nSPS) is 20.4. The summed E-state index contributed by atoms with van der Waals surface area (Å²) in [6.45, 7) is 2.75. The Balaban J connectivity index is 2.40. The van der Waals surface area contributed by atoms with Gasteiger partial charge in [0, 0.05) is 11.6 Å². The van der Waals surface area contributed by atoms with Crippen LogP contribution in [0.3, 0.4) is 0 Å². The third-order valence-corrected chi connectivity index (χ3v) is 2.71. The predicted molar refractivity (Wildman–Crippen MR) is 53.0 cm³/mol. The first-order valence-electron chi connectivity index (χ1n) is 4.80. The summed E-state index contributed by atoms with van der Waals surface area (Å²) < 4.78 is 18.6. The molecule has 1 unspecified atom stereocenters. The van der Waals surface area contributed by atoms with E-state index in [1.165, 1.54) is 0 Å². The van der Waals surface area contributed by atoms with E-state index in [-0.39, 0.29) is 11.9 Å². The molecule has 0 amide bonds. The van der Waals surface area contributed by atoms with Crippen molar-refractivity contribution in [2.24, 2.45) is 0 Å². The number of hydrogen-bond acceptors (Lipinski definition) is 2. The van der Waals surface area contributed by atoms with Crippen molar-refractivity contribution in [2.45, 2.75) is 19.4 Å². The van der Waals surface area contributed by atoms with Crippen molar-refractivity contribution >= 4 is 0 Å². The van der Waals surface area contributed by atoms with Gasteiger partial charge in [-0.3, -0.25) is 0 Å². The van der Waals surface area contributed by atoms with Gasteiger partial charge < -0.3 is 10.1 Å². The van der Waals surface area contributed by atoms with Gasteiger partial charge in [-0.2, -0.15) is 0 Å². The van der Waals surface area contributed by atoms with E-state index in [9.17, 15) is 4.39 Å². The highest BCUT2D eigenvalue weighted by atomic mass is 19.1. The molecule has 0 bridgehead atoms. The summed E-state index contributed by atoms with van der Waals surface area (Å²) in [5.74, 6) is 0.621. The molecular weight excluding hydrogens is 181 g/mol. The summed E-state index contributed by atoms with van der Waals surface area (Å²) in [6, 6.07) is 3.59. The van der Waals surface area contributed by atoms with Crippen LogP contribution in [0.25, 0.3) is 0 Å². The van der Waals surface area contributed by atoms with Gasteiger partial charge in [0.05, 0.1) is 7.11 Å². The summed E-state index contributed by atoms with van der Waals surface area (Å²) in [6.07, 6.45) is 1.05. The number of benzene rings is 1. The summed E-state index contributed by atoms with van der Waals surface area (Å²) in [4.78, 5) is 0. The molecule has 1 N–H and O–H groups in total. The second kappa shape index (κ2) is 3.58. The van der Waals surface area contributed by atoms with E-state index in [4.69, 9.17) is 4.74 Å². The van der Waals surface area contributed by atoms with Crippen LogP contribution < -0.4 is 10.1 Å². The SMILES string of the molecule is COc1cc(C)c(F)cc1C1CCN1. The molecule has 0 aromatic heterocycles. The fourth-order valence-corrected chi connectivity index (χ4v) is 1.67. The van der Waals surface area contributed by atoms with Gasteiger partial charge in [0.1, 0.15) is 11.6 Å². The van der Waals surface area contributed by atoms with Crippen molar-refractivity contribution in [3.8, 4) is 5.75 Å². The van der Waals surface area contributed by atoms with E-state index in [1.54, 1.807) is 26.2 Å². The molecule has 1 atom stereocenters. The molecule has 0 saturated carbocycles. The maximum atomic E-state index is 13.3. The van der Waals surface area contributed by atoms with Crippen molar-refractivity contribution in [3.63, 3.8) is 0 Å². The van der Waals surface area contributed by atoms with Crippen molar-refractivity contribution in [2.75, 3.05) is 13.7 Å². The lowest BCUT2D eigenvalue weighted by molar-refractivity contribution is 0.351. The molecule has 76 valence electrons. The van der Waals surface area contributed by atoms with E-state index in [0.29, 0.717) is 5.56 Å². The highest BCUT2D eigenvalue weighted by Gasteiger charge is 2.23. The number of hydrogen-bond donors (Lipinski definition) is 1. The van der Waals surface area contributed by atoms with Crippen molar-refractivity contribution in [3.05, 3.63) is 29.1 Å². The van der Waals surface area contributed by atoms with Crippen molar-refractivity contribution < 1.29 is 9.13 Å². The van der Waals surface area contributed by atoms with Gasteiger partial charge in [-0.15, -0.1) is 0 Å². The fraction of sp³-hybridized carbons (Fsp3) is 0.455. The first-order chi connectivity index (χ1) is 6.72. The Labute approximate surface area is 83.1 Å². The zero-order chi connectivity index (χ0) is 10.1. The topological polar surface area (TPSA) is 21.3 Å². The van der Waals surface area contributed by atoms with Gasteiger partial charge in [0.25, 0.3) is 0 Å². The Morgan fingerprint density at radius 1 is 1.50 bits per heavy atom. The van der Waals surface area contributed by atoms with Crippen LogP contribution in [-0.2, 0) is 0 Å². The van der Waals surface area contributed by atoms with Gasteiger partial charge in [-0.25, -0.2) is 4.39 Å². The van der Waals surface area contributed by atoms with Gasteiger partial charge in [0.15, 0.2) is 0 Å². The second-order valence-corrected chi connectivity index (χ2v) is 3.64. The van der Waals surface area contributed by atoms with Gasteiger partial charge in [0.2, 0.25) is 0 Å². The minimum absolute atomic E-state index is 0.158. The van der Waals surface area contributed by atoms with Gasteiger partial charge >= 0.3 is 0 Å². The van der Waals surface area contributed by atoms with E-state index >= 15 is 0 Å². The van der Waals surface area contributed by atoms with Crippen molar-refractivity contribution in [1.82, 2.24) is 5.32 Å². The molecule has 1 aromatic rings. The number of halogens is 1. The van der Waals surface area contributed by atoms with E-state index in [0.717, 1.165) is 24.3 Å². The number of rotatable bonds is 2. The Hall–Kier alpha value is -1.09. The van der Waals surface area contributed by atoms with Crippen molar-refractivity contribution in [1.29, 1.82) is 0 Å². The van der Waals surface area contributed by atoms with Crippen LogP contribution in [0, 0.1) is 12.7 Å². The molecule has 1 heterocycles. The quantitative estimate of drug-likeness (QED) is 0.781. The van der Waals surface area contributed by atoms with E-state index < -0.39 is 0 Å². The highest BCUT2D eigenvalue weighted by molar-refractivity contribution is 5.40. The molecule has 2 nitrogen and oxygen atoms in total. The Kier molecular flexibility index (Phi) is 2.42. The average Bonchev–Trinajstić information content (AvgIpc) is 2.08. The molecule has 1 aromatic carbocycles. The lowest BCUT2D eigenvalue weighted by atomic mass is 9.96. The molecule has 1 fully saturated rings. The Bertz CT molecular complexity index is 347. The lowest BCUT2D eigenvalue weighted by Crippen LogP contribution is -2.35. The molecule has 3 heteroatoms. The minimum Gasteiger partial charge on any atom is -0.496 e. The van der Waals surface area contributed by atoms with Gasteiger partial charge in [-0.05, 0) is 37.6 Å². The van der Waals surface area contributed by atoms with E-state index in [1.807, 2.05) is 0 Å². The third kappa shape index (κ3) is 1.48. The second-order valence-electron chi connectivity index (χ2n) is 3.64. The number of ether oxygens (including phenoxy) is 1. The van der Waals surface area contributed by atoms with Crippen LogP contribution in [0.4, 0.5) is 4.39 Å². The molecule has 0 aliphatic carbocycles. The standard InChI is InChI=1S/C11H14FNO/c1-7-5-11(14-2)8(6-9(7)12)10-3-4-13-10/h5-6,10,13H,3-4H2,1-2H3. The smallest absolute Gasteiger partial charge is 0.126 e. The number of nitrogens with one attached hydrogen (secondary N) is 1. The van der Waals surface area contributed by atoms with Crippen LogP contribution in [0.15, 0.2) is 12.1 Å². The first-order valence-corrected chi connectivity index (χ1v) is 4.80.